The number of nitrogens with one attached hydrogen (secondary N) is 1. The molecule has 5 rings (SSSR count). The highest BCUT2D eigenvalue weighted by atomic mass is 16.6. The molecule has 1 N–H and O–H groups in total. The Balaban J connectivity index is 1.39. The van der Waals surface area contributed by atoms with Crippen molar-refractivity contribution >= 4 is 33.7 Å². The van der Waals surface area contributed by atoms with Crippen LogP contribution in [0.2, 0.25) is 0 Å². The van der Waals surface area contributed by atoms with Crippen molar-refractivity contribution in [2.75, 3.05) is 32.6 Å². The molecule has 3 heterocycles. The van der Waals surface area contributed by atoms with Gasteiger partial charge in [0.05, 0.1) is 15.8 Å². The van der Waals surface area contributed by atoms with E-state index < -0.39 is 4.92 Å². The number of nitro benzene ring substituents is 1. The highest BCUT2D eigenvalue weighted by Crippen LogP contribution is 2.35. The number of pyridine rings is 1. The molecule has 0 fully saturated rings. The van der Waals surface area contributed by atoms with Crippen LogP contribution in [0.1, 0.15) is 5.56 Å². The topological polar surface area (TPSA) is 133 Å². The average Bonchev–Trinajstić information content (AvgIpc) is 3.33. The SMILES string of the molecule is Cc1cc(Nc2ncnc3cc(OCCN(C)C)c([N+](=O)[O-])cc23)ccc1Oc1ccn2ncnc2c1. The lowest BCUT2D eigenvalue weighted by Gasteiger charge is -2.14. The van der Waals surface area contributed by atoms with Gasteiger partial charge in [0.1, 0.15) is 36.6 Å². The normalized spacial score (nSPS) is 11.2. The van der Waals surface area contributed by atoms with E-state index in [0.717, 1.165) is 11.3 Å². The summed E-state index contributed by atoms with van der Waals surface area (Å²) >= 11 is 0. The molecule has 0 aliphatic heterocycles. The molecule has 0 saturated heterocycles. The Kier molecular flexibility index (Phi) is 6.47. The van der Waals surface area contributed by atoms with Crippen LogP contribution in [0.15, 0.2) is 61.3 Å². The number of ether oxygens (including phenoxy) is 2. The highest BCUT2D eigenvalue weighted by molar-refractivity contribution is 5.93. The third-order valence-corrected chi connectivity index (χ3v) is 5.63. The molecule has 2 aromatic carbocycles. The Hall–Kier alpha value is -4.84. The van der Waals surface area contributed by atoms with Gasteiger partial charge in [0.25, 0.3) is 0 Å². The maximum absolute atomic E-state index is 11.8. The van der Waals surface area contributed by atoms with E-state index >= 15 is 0 Å². The van der Waals surface area contributed by atoms with Crippen LogP contribution < -0.4 is 14.8 Å². The van der Waals surface area contributed by atoms with Crippen LogP contribution in [0.4, 0.5) is 17.2 Å². The van der Waals surface area contributed by atoms with E-state index in [1.165, 1.54) is 18.7 Å². The van der Waals surface area contributed by atoms with Crippen LogP contribution >= 0.6 is 0 Å². The van der Waals surface area contributed by atoms with Gasteiger partial charge >= 0.3 is 5.69 Å². The molecule has 0 amide bonds. The number of nitro groups is 1. The Morgan fingerprint density at radius 2 is 1.92 bits per heavy atom. The lowest BCUT2D eigenvalue weighted by Crippen LogP contribution is -2.19. The van der Waals surface area contributed by atoms with Gasteiger partial charge in [-0.1, -0.05) is 0 Å². The molecule has 0 aliphatic carbocycles. The predicted octanol–water partition coefficient (Wildman–Crippen LogP) is 4.37. The maximum atomic E-state index is 11.8. The van der Waals surface area contributed by atoms with Crippen molar-refractivity contribution in [3.63, 3.8) is 0 Å². The van der Waals surface area contributed by atoms with E-state index in [-0.39, 0.29) is 11.4 Å². The zero-order chi connectivity index (χ0) is 25.9. The van der Waals surface area contributed by atoms with Crippen molar-refractivity contribution < 1.29 is 14.4 Å². The lowest BCUT2D eigenvalue weighted by molar-refractivity contribution is -0.385. The standard InChI is InChI=1S/C25H24N8O4/c1-16-10-17(4-5-22(16)37-18-6-7-32-24(11-18)27-15-29-32)30-25-19-12-21(33(34)35)23(36-9-8-31(2)3)13-20(19)26-14-28-25/h4-7,10-15H,8-9H2,1-3H3,(H,26,28,30). The molecule has 0 bridgehead atoms. The number of hydrogen-bond donors (Lipinski definition) is 1. The van der Waals surface area contributed by atoms with E-state index in [9.17, 15) is 10.1 Å². The van der Waals surface area contributed by atoms with E-state index in [1.54, 1.807) is 22.8 Å². The van der Waals surface area contributed by atoms with Crippen molar-refractivity contribution in [1.82, 2.24) is 29.5 Å². The number of aryl methyl sites for hydroxylation is 1. The zero-order valence-electron chi connectivity index (χ0n) is 20.5. The van der Waals surface area contributed by atoms with E-state index in [1.807, 2.05) is 50.2 Å². The predicted molar refractivity (Wildman–Crippen MR) is 138 cm³/mol. The first kappa shape index (κ1) is 23.9. The Bertz CT molecular complexity index is 1600. The Morgan fingerprint density at radius 3 is 2.70 bits per heavy atom. The molecule has 5 aromatic rings. The number of hydrogen-bond acceptors (Lipinski definition) is 10. The van der Waals surface area contributed by atoms with Crippen molar-refractivity contribution in [2.45, 2.75) is 6.92 Å². The van der Waals surface area contributed by atoms with Gasteiger partial charge < -0.3 is 19.7 Å². The van der Waals surface area contributed by atoms with Gasteiger partial charge in [0.15, 0.2) is 11.4 Å². The van der Waals surface area contributed by atoms with Crippen molar-refractivity contribution in [3.05, 3.63) is 77.0 Å². The number of anilines is 2. The minimum atomic E-state index is -0.464. The van der Waals surface area contributed by atoms with Crippen LogP contribution in [0.25, 0.3) is 16.6 Å². The average molecular weight is 501 g/mol. The number of benzene rings is 2. The van der Waals surface area contributed by atoms with Gasteiger partial charge in [0.2, 0.25) is 0 Å². The van der Waals surface area contributed by atoms with E-state index in [4.69, 9.17) is 9.47 Å². The summed E-state index contributed by atoms with van der Waals surface area (Å²) in [5.74, 6) is 1.93. The summed E-state index contributed by atoms with van der Waals surface area (Å²) < 4.78 is 13.4. The number of nitrogens with zero attached hydrogens (tertiary/aromatic N) is 7. The fourth-order valence-corrected chi connectivity index (χ4v) is 3.73. The maximum Gasteiger partial charge on any atom is 0.311 e. The summed E-state index contributed by atoms with van der Waals surface area (Å²) in [5.41, 5.74) is 2.69. The van der Waals surface area contributed by atoms with Crippen LogP contribution in [0.3, 0.4) is 0 Å². The summed E-state index contributed by atoms with van der Waals surface area (Å²) in [6, 6.07) is 12.2. The smallest absolute Gasteiger partial charge is 0.311 e. The van der Waals surface area contributed by atoms with Crippen molar-refractivity contribution in [1.29, 1.82) is 0 Å². The summed E-state index contributed by atoms with van der Waals surface area (Å²) in [6.07, 6.45) is 4.67. The quantitative estimate of drug-likeness (QED) is 0.230. The second-order valence-corrected chi connectivity index (χ2v) is 8.60. The molecule has 0 saturated carbocycles. The second-order valence-electron chi connectivity index (χ2n) is 8.60. The Morgan fingerprint density at radius 1 is 1.05 bits per heavy atom. The first-order chi connectivity index (χ1) is 17.9. The lowest BCUT2D eigenvalue weighted by atomic mass is 10.1. The summed E-state index contributed by atoms with van der Waals surface area (Å²) in [6.45, 7) is 2.87. The molecule has 12 nitrogen and oxygen atoms in total. The largest absolute Gasteiger partial charge is 0.485 e. The minimum Gasteiger partial charge on any atom is -0.485 e. The van der Waals surface area contributed by atoms with E-state index in [2.05, 4.69) is 25.4 Å². The van der Waals surface area contributed by atoms with Crippen LogP contribution in [0, 0.1) is 17.0 Å². The number of aromatic nitrogens is 5. The molecule has 37 heavy (non-hydrogen) atoms. The third kappa shape index (κ3) is 5.23. The van der Waals surface area contributed by atoms with Gasteiger partial charge in [-0.3, -0.25) is 10.1 Å². The van der Waals surface area contributed by atoms with Gasteiger partial charge in [-0.25, -0.2) is 19.5 Å². The fourth-order valence-electron chi connectivity index (χ4n) is 3.73. The monoisotopic (exact) mass is 500 g/mol. The van der Waals surface area contributed by atoms with Crippen LogP contribution in [-0.2, 0) is 0 Å². The molecule has 0 unspecified atom stereocenters. The van der Waals surface area contributed by atoms with Gasteiger partial charge in [-0.2, -0.15) is 5.10 Å². The zero-order valence-corrected chi connectivity index (χ0v) is 20.5. The van der Waals surface area contributed by atoms with Crippen molar-refractivity contribution in [2.24, 2.45) is 0 Å². The number of fused-ring (bicyclic) bond motifs is 2. The summed E-state index contributed by atoms with van der Waals surface area (Å²) in [5, 5.41) is 19.6. The molecule has 12 heteroatoms. The second kappa shape index (κ2) is 10.0. The molecule has 0 spiro atoms. The first-order valence-electron chi connectivity index (χ1n) is 11.4. The van der Waals surface area contributed by atoms with Gasteiger partial charge in [0, 0.05) is 36.6 Å². The first-order valence-corrected chi connectivity index (χ1v) is 11.4. The number of rotatable bonds is 9. The molecule has 3 aromatic heterocycles. The highest BCUT2D eigenvalue weighted by Gasteiger charge is 2.19. The molecule has 0 radical (unpaired) electrons. The van der Waals surface area contributed by atoms with Crippen molar-refractivity contribution in [3.8, 4) is 17.2 Å². The third-order valence-electron chi connectivity index (χ3n) is 5.63. The molecule has 0 atom stereocenters. The van der Waals surface area contributed by atoms with Gasteiger partial charge in [-0.05, 0) is 50.8 Å². The minimum absolute atomic E-state index is 0.145. The van der Waals surface area contributed by atoms with E-state index in [0.29, 0.717) is 47.0 Å². The summed E-state index contributed by atoms with van der Waals surface area (Å²) in [4.78, 5) is 26.0. The molecule has 188 valence electrons. The summed E-state index contributed by atoms with van der Waals surface area (Å²) in [7, 11) is 3.81. The molecular weight excluding hydrogens is 476 g/mol. The molecule has 0 aliphatic rings. The van der Waals surface area contributed by atoms with Crippen LogP contribution in [0.5, 0.6) is 17.2 Å². The number of likely N-dealkylation sites (N-methyl/N-ethyl adjacent to an activating group) is 1. The van der Waals surface area contributed by atoms with Gasteiger partial charge in [-0.15, -0.1) is 0 Å². The fraction of sp³-hybridized carbons (Fsp3) is 0.200. The Labute approximate surface area is 211 Å². The van der Waals surface area contributed by atoms with Crippen LogP contribution in [-0.4, -0.2) is 61.6 Å². The molecular formula is C25H24N8O4.